The molecule has 0 radical (unpaired) electrons. The molecule has 0 saturated heterocycles. The van der Waals surface area contributed by atoms with Gasteiger partial charge in [0, 0.05) is 12.1 Å². The highest BCUT2D eigenvalue weighted by Gasteiger charge is 2.11. The van der Waals surface area contributed by atoms with Crippen molar-refractivity contribution in [2.45, 2.75) is 33.2 Å². The van der Waals surface area contributed by atoms with Gasteiger partial charge in [-0.1, -0.05) is 6.92 Å². The second kappa shape index (κ2) is 6.96. The van der Waals surface area contributed by atoms with Crippen LogP contribution in [-0.2, 0) is 11.3 Å². The molecule has 1 aromatic heterocycles. The Morgan fingerprint density at radius 2 is 2.35 bits per heavy atom. The van der Waals surface area contributed by atoms with Crippen molar-refractivity contribution in [3.8, 4) is 0 Å². The molecule has 94 valence electrons. The Kier molecular flexibility index (Phi) is 5.56. The average molecular weight is 236 g/mol. The minimum absolute atomic E-state index is 0.00137. The Morgan fingerprint density at radius 3 is 3.00 bits per heavy atom. The van der Waals surface area contributed by atoms with Crippen molar-refractivity contribution in [2.75, 3.05) is 6.54 Å². The standard InChI is InChI=1S/C12H20N4O/c1-9(4-3-6-13)12(17)15-8-11-5-7-14-10(2)16-11/h5,7,9H,3-4,6,8,13H2,1-2H3,(H,15,17). The first-order chi connectivity index (χ1) is 8.13. The number of hydrogen-bond acceptors (Lipinski definition) is 4. The lowest BCUT2D eigenvalue weighted by Crippen LogP contribution is -2.29. The Balaban J connectivity index is 2.37. The fraction of sp³-hybridized carbons (Fsp3) is 0.583. The van der Waals surface area contributed by atoms with Gasteiger partial charge in [0.25, 0.3) is 0 Å². The molecule has 0 fully saturated rings. The number of aryl methyl sites for hydroxylation is 1. The van der Waals surface area contributed by atoms with Crippen LogP contribution in [0, 0.1) is 12.8 Å². The number of hydrogen-bond donors (Lipinski definition) is 2. The topological polar surface area (TPSA) is 80.9 Å². The van der Waals surface area contributed by atoms with E-state index >= 15 is 0 Å². The van der Waals surface area contributed by atoms with E-state index in [0.29, 0.717) is 18.9 Å². The van der Waals surface area contributed by atoms with E-state index in [-0.39, 0.29) is 11.8 Å². The van der Waals surface area contributed by atoms with Gasteiger partial charge >= 0.3 is 0 Å². The molecule has 0 saturated carbocycles. The molecule has 1 amide bonds. The summed E-state index contributed by atoms with van der Waals surface area (Å²) in [6, 6.07) is 1.80. The number of nitrogens with one attached hydrogen (secondary N) is 1. The zero-order valence-corrected chi connectivity index (χ0v) is 10.4. The van der Waals surface area contributed by atoms with Crippen molar-refractivity contribution in [2.24, 2.45) is 11.7 Å². The van der Waals surface area contributed by atoms with E-state index in [1.807, 2.05) is 13.8 Å². The predicted octanol–water partition coefficient (Wildman–Crippen LogP) is 0.776. The summed E-state index contributed by atoms with van der Waals surface area (Å²) in [4.78, 5) is 19.9. The Labute approximate surface area is 102 Å². The molecule has 0 aliphatic rings. The molecule has 0 spiro atoms. The van der Waals surface area contributed by atoms with Crippen LogP contribution in [0.25, 0.3) is 0 Å². The molecule has 17 heavy (non-hydrogen) atoms. The third kappa shape index (κ3) is 4.91. The zero-order valence-electron chi connectivity index (χ0n) is 10.4. The first-order valence-corrected chi connectivity index (χ1v) is 5.89. The van der Waals surface area contributed by atoms with Crippen LogP contribution in [0.1, 0.15) is 31.3 Å². The van der Waals surface area contributed by atoms with Crippen molar-refractivity contribution in [3.05, 3.63) is 23.8 Å². The first kappa shape index (κ1) is 13.6. The monoisotopic (exact) mass is 236 g/mol. The fourth-order valence-electron chi connectivity index (χ4n) is 1.51. The molecule has 0 aliphatic carbocycles. The normalized spacial score (nSPS) is 12.2. The molecule has 5 nitrogen and oxygen atoms in total. The van der Waals surface area contributed by atoms with E-state index in [0.717, 1.165) is 18.5 Å². The molecule has 5 heteroatoms. The summed E-state index contributed by atoms with van der Waals surface area (Å²) in [5.74, 6) is 0.768. The van der Waals surface area contributed by atoms with Gasteiger partial charge in [0.15, 0.2) is 0 Å². The summed E-state index contributed by atoms with van der Waals surface area (Å²) in [7, 11) is 0. The molecule has 1 heterocycles. The highest BCUT2D eigenvalue weighted by atomic mass is 16.1. The van der Waals surface area contributed by atoms with E-state index < -0.39 is 0 Å². The SMILES string of the molecule is Cc1nccc(CNC(=O)C(C)CCCN)n1. The van der Waals surface area contributed by atoms with Crippen LogP contribution in [0.5, 0.6) is 0 Å². The van der Waals surface area contributed by atoms with Crippen LogP contribution in [0.3, 0.4) is 0 Å². The summed E-state index contributed by atoms with van der Waals surface area (Å²) in [6.45, 7) is 4.82. The van der Waals surface area contributed by atoms with Gasteiger partial charge in [0.05, 0.1) is 12.2 Å². The van der Waals surface area contributed by atoms with Crippen molar-refractivity contribution in [1.29, 1.82) is 0 Å². The van der Waals surface area contributed by atoms with Crippen molar-refractivity contribution < 1.29 is 4.79 Å². The summed E-state index contributed by atoms with van der Waals surface area (Å²) in [5.41, 5.74) is 6.24. The number of nitrogens with two attached hydrogens (primary N) is 1. The lowest BCUT2D eigenvalue weighted by Gasteiger charge is -2.11. The summed E-state index contributed by atoms with van der Waals surface area (Å²) < 4.78 is 0. The number of nitrogens with zero attached hydrogens (tertiary/aromatic N) is 2. The quantitative estimate of drug-likeness (QED) is 0.764. The summed E-state index contributed by atoms with van der Waals surface area (Å²) in [5, 5.41) is 2.86. The van der Waals surface area contributed by atoms with Gasteiger partial charge < -0.3 is 11.1 Å². The molecule has 0 aromatic carbocycles. The third-order valence-electron chi connectivity index (χ3n) is 2.57. The van der Waals surface area contributed by atoms with Crippen molar-refractivity contribution in [3.63, 3.8) is 0 Å². The smallest absolute Gasteiger partial charge is 0.223 e. The van der Waals surface area contributed by atoms with Crippen LogP contribution in [0.2, 0.25) is 0 Å². The summed E-state index contributed by atoms with van der Waals surface area (Å²) >= 11 is 0. The molecule has 1 atom stereocenters. The van der Waals surface area contributed by atoms with E-state index in [1.165, 1.54) is 0 Å². The van der Waals surface area contributed by atoms with Crippen LogP contribution in [-0.4, -0.2) is 22.4 Å². The number of carbonyl (C=O) groups excluding carboxylic acids is 1. The maximum Gasteiger partial charge on any atom is 0.223 e. The van der Waals surface area contributed by atoms with Gasteiger partial charge in [-0.2, -0.15) is 0 Å². The average Bonchev–Trinajstić information content (AvgIpc) is 2.33. The van der Waals surface area contributed by atoms with E-state index in [4.69, 9.17) is 5.73 Å². The largest absolute Gasteiger partial charge is 0.350 e. The molecule has 1 unspecified atom stereocenters. The lowest BCUT2D eigenvalue weighted by molar-refractivity contribution is -0.124. The lowest BCUT2D eigenvalue weighted by atomic mass is 10.1. The molecule has 1 rings (SSSR count). The van der Waals surface area contributed by atoms with Gasteiger partial charge in [-0.25, -0.2) is 9.97 Å². The molecular formula is C12H20N4O. The number of rotatable bonds is 6. The Hall–Kier alpha value is -1.49. The van der Waals surface area contributed by atoms with Gasteiger partial charge in [0.2, 0.25) is 5.91 Å². The van der Waals surface area contributed by atoms with Crippen molar-refractivity contribution in [1.82, 2.24) is 15.3 Å². The fourth-order valence-corrected chi connectivity index (χ4v) is 1.51. The number of aromatic nitrogens is 2. The van der Waals surface area contributed by atoms with Gasteiger partial charge in [-0.15, -0.1) is 0 Å². The van der Waals surface area contributed by atoms with Crippen LogP contribution < -0.4 is 11.1 Å². The third-order valence-corrected chi connectivity index (χ3v) is 2.57. The van der Waals surface area contributed by atoms with Gasteiger partial charge in [-0.3, -0.25) is 4.79 Å². The van der Waals surface area contributed by atoms with Crippen LogP contribution in [0.4, 0.5) is 0 Å². The predicted molar refractivity (Wildman–Crippen MR) is 66.1 cm³/mol. The van der Waals surface area contributed by atoms with Gasteiger partial charge in [-0.05, 0) is 32.4 Å². The zero-order chi connectivity index (χ0) is 12.7. The highest BCUT2D eigenvalue weighted by molar-refractivity contribution is 5.78. The van der Waals surface area contributed by atoms with E-state index in [9.17, 15) is 4.79 Å². The Morgan fingerprint density at radius 1 is 1.59 bits per heavy atom. The van der Waals surface area contributed by atoms with Gasteiger partial charge in [0.1, 0.15) is 5.82 Å². The second-order valence-corrected chi connectivity index (χ2v) is 4.14. The maximum atomic E-state index is 11.7. The number of carbonyl (C=O) groups is 1. The van der Waals surface area contributed by atoms with E-state index in [2.05, 4.69) is 15.3 Å². The second-order valence-electron chi connectivity index (χ2n) is 4.14. The minimum atomic E-state index is 0.00137. The molecule has 0 bridgehead atoms. The molecule has 0 aliphatic heterocycles. The molecule has 1 aromatic rings. The highest BCUT2D eigenvalue weighted by Crippen LogP contribution is 2.05. The maximum absolute atomic E-state index is 11.7. The minimum Gasteiger partial charge on any atom is -0.350 e. The van der Waals surface area contributed by atoms with Crippen LogP contribution in [0.15, 0.2) is 12.3 Å². The van der Waals surface area contributed by atoms with Crippen LogP contribution >= 0.6 is 0 Å². The van der Waals surface area contributed by atoms with Crippen molar-refractivity contribution >= 4 is 5.91 Å². The molecule has 3 N–H and O–H groups in total. The Bertz CT molecular complexity index is 367. The molecular weight excluding hydrogens is 216 g/mol. The first-order valence-electron chi connectivity index (χ1n) is 5.89. The van der Waals surface area contributed by atoms with E-state index in [1.54, 1.807) is 12.3 Å². The summed E-state index contributed by atoms with van der Waals surface area (Å²) in [6.07, 6.45) is 3.40. The number of amides is 1.